The molecule has 7 nitrogen and oxygen atoms in total. The summed E-state index contributed by atoms with van der Waals surface area (Å²) >= 11 is 0. The normalized spacial score (nSPS) is 22.4. The van der Waals surface area contributed by atoms with E-state index in [0.717, 1.165) is 64.3 Å². The largest absolute Gasteiger partial charge is 0.354 e. The van der Waals surface area contributed by atoms with Crippen LogP contribution in [-0.4, -0.2) is 78.5 Å². The molecule has 3 rings (SSSR count). The highest BCUT2D eigenvalue weighted by Crippen LogP contribution is 2.20. The SMILES string of the molecule is CCC(C)C(=O)N1CCCC(C(=O)NC(C)CN2CCN(c3ccccn3)CC2)C1. The highest BCUT2D eigenvalue weighted by molar-refractivity contribution is 5.82. The first-order valence-corrected chi connectivity index (χ1v) is 11.5. The van der Waals surface area contributed by atoms with E-state index in [1.54, 1.807) is 0 Å². The van der Waals surface area contributed by atoms with Crippen LogP contribution in [0.3, 0.4) is 0 Å². The number of amides is 2. The van der Waals surface area contributed by atoms with Crippen LogP contribution in [0.5, 0.6) is 0 Å². The molecule has 0 spiro atoms. The van der Waals surface area contributed by atoms with Crippen molar-refractivity contribution in [3.63, 3.8) is 0 Å². The monoisotopic (exact) mass is 415 g/mol. The molecular formula is C23H37N5O2. The Morgan fingerprint density at radius 1 is 1.17 bits per heavy atom. The molecule has 2 fully saturated rings. The van der Waals surface area contributed by atoms with Gasteiger partial charge in [0.25, 0.3) is 0 Å². The van der Waals surface area contributed by atoms with Gasteiger partial charge in [-0.15, -0.1) is 0 Å². The third-order valence-corrected chi connectivity index (χ3v) is 6.40. The average molecular weight is 416 g/mol. The Labute approximate surface area is 180 Å². The van der Waals surface area contributed by atoms with Crippen LogP contribution in [0, 0.1) is 11.8 Å². The first kappa shape index (κ1) is 22.5. The standard InChI is InChI=1S/C23H37N5O2/c1-4-18(2)23(30)28-11-7-8-20(17-28)22(29)25-19(3)16-26-12-14-27(15-13-26)21-9-5-6-10-24-21/h5-6,9-10,18-20H,4,7-8,11-17H2,1-3H3,(H,25,29). The molecule has 0 aromatic carbocycles. The van der Waals surface area contributed by atoms with Gasteiger partial charge in [-0.2, -0.15) is 0 Å². The van der Waals surface area contributed by atoms with Gasteiger partial charge in [0.1, 0.15) is 5.82 Å². The van der Waals surface area contributed by atoms with E-state index in [1.165, 1.54) is 0 Å². The lowest BCUT2D eigenvalue weighted by atomic mass is 9.95. The minimum Gasteiger partial charge on any atom is -0.354 e. The number of piperidine rings is 1. The van der Waals surface area contributed by atoms with E-state index in [2.05, 4.69) is 33.1 Å². The number of aromatic nitrogens is 1. The van der Waals surface area contributed by atoms with Crippen molar-refractivity contribution in [3.8, 4) is 0 Å². The molecule has 7 heteroatoms. The fourth-order valence-electron chi connectivity index (χ4n) is 4.37. The van der Waals surface area contributed by atoms with Crippen LogP contribution in [0.1, 0.15) is 40.0 Å². The first-order chi connectivity index (χ1) is 14.5. The van der Waals surface area contributed by atoms with Gasteiger partial charge in [0, 0.05) is 64.0 Å². The average Bonchev–Trinajstić information content (AvgIpc) is 2.79. The molecule has 2 amide bonds. The quantitative estimate of drug-likeness (QED) is 0.738. The number of carbonyl (C=O) groups excluding carboxylic acids is 2. The van der Waals surface area contributed by atoms with Gasteiger partial charge in [-0.25, -0.2) is 4.98 Å². The van der Waals surface area contributed by atoms with Gasteiger partial charge in [-0.05, 0) is 38.3 Å². The summed E-state index contributed by atoms with van der Waals surface area (Å²) < 4.78 is 0. The molecule has 3 heterocycles. The summed E-state index contributed by atoms with van der Waals surface area (Å²) in [6, 6.07) is 6.11. The summed E-state index contributed by atoms with van der Waals surface area (Å²) in [6.45, 7) is 12.1. The lowest BCUT2D eigenvalue weighted by Gasteiger charge is -2.37. The molecule has 1 N–H and O–H groups in total. The number of hydrogen-bond donors (Lipinski definition) is 1. The lowest BCUT2D eigenvalue weighted by molar-refractivity contribution is -0.139. The summed E-state index contributed by atoms with van der Waals surface area (Å²) in [7, 11) is 0. The summed E-state index contributed by atoms with van der Waals surface area (Å²) in [5, 5.41) is 3.20. The molecular weight excluding hydrogens is 378 g/mol. The van der Waals surface area contributed by atoms with Crippen molar-refractivity contribution in [3.05, 3.63) is 24.4 Å². The minimum absolute atomic E-state index is 0.0375. The van der Waals surface area contributed by atoms with Crippen molar-refractivity contribution in [2.75, 3.05) is 50.7 Å². The van der Waals surface area contributed by atoms with Crippen molar-refractivity contribution in [1.82, 2.24) is 20.1 Å². The second-order valence-electron chi connectivity index (χ2n) is 8.82. The number of anilines is 1. The first-order valence-electron chi connectivity index (χ1n) is 11.5. The van der Waals surface area contributed by atoms with Crippen molar-refractivity contribution in [2.45, 2.75) is 46.1 Å². The van der Waals surface area contributed by atoms with E-state index < -0.39 is 0 Å². The fraction of sp³-hybridized carbons (Fsp3) is 0.696. The van der Waals surface area contributed by atoms with Crippen LogP contribution in [0.15, 0.2) is 24.4 Å². The molecule has 30 heavy (non-hydrogen) atoms. The molecule has 1 aromatic heterocycles. The maximum absolute atomic E-state index is 12.8. The van der Waals surface area contributed by atoms with Gasteiger partial charge in [-0.3, -0.25) is 14.5 Å². The summed E-state index contributed by atoms with van der Waals surface area (Å²) in [5.74, 6) is 1.27. The lowest BCUT2D eigenvalue weighted by Crippen LogP contribution is -2.53. The zero-order valence-electron chi connectivity index (χ0n) is 18.7. The van der Waals surface area contributed by atoms with E-state index >= 15 is 0 Å². The van der Waals surface area contributed by atoms with Gasteiger partial charge in [-0.1, -0.05) is 19.9 Å². The Hall–Kier alpha value is -2.15. The van der Waals surface area contributed by atoms with Crippen LogP contribution >= 0.6 is 0 Å². The number of piperazine rings is 1. The van der Waals surface area contributed by atoms with Gasteiger partial charge < -0.3 is 15.1 Å². The van der Waals surface area contributed by atoms with Crippen molar-refractivity contribution in [2.24, 2.45) is 11.8 Å². The van der Waals surface area contributed by atoms with Crippen LogP contribution in [-0.2, 0) is 9.59 Å². The predicted molar refractivity (Wildman–Crippen MR) is 119 cm³/mol. The van der Waals surface area contributed by atoms with E-state index in [9.17, 15) is 9.59 Å². The predicted octanol–water partition coefficient (Wildman–Crippen LogP) is 1.99. The van der Waals surface area contributed by atoms with E-state index in [-0.39, 0.29) is 29.7 Å². The van der Waals surface area contributed by atoms with Crippen LogP contribution in [0.4, 0.5) is 5.82 Å². The van der Waals surface area contributed by atoms with Gasteiger partial charge in [0.15, 0.2) is 0 Å². The summed E-state index contributed by atoms with van der Waals surface area (Å²) in [6.07, 6.45) is 4.45. The summed E-state index contributed by atoms with van der Waals surface area (Å²) in [4.78, 5) is 36.3. The number of hydrogen-bond acceptors (Lipinski definition) is 5. The fourth-order valence-corrected chi connectivity index (χ4v) is 4.37. The van der Waals surface area contributed by atoms with Crippen LogP contribution < -0.4 is 10.2 Å². The maximum atomic E-state index is 12.8. The van der Waals surface area contributed by atoms with Crippen LogP contribution in [0.25, 0.3) is 0 Å². The molecule has 1 aromatic rings. The molecule has 0 bridgehead atoms. The highest BCUT2D eigenvalue weighted by Gasteiger charge is 2.30. The number of rotatable bonds is 7. The second-order valence-corrected chi connectivity index (χ2v) is 8.82. The van der Waals surface area contributed by atoms with E-state index in [1.807, 2.05) is 37.1 Å². The highest BCUT2D eigenvalue weighted by atomic mass is 16.2. The van der Waals surface area contributed by atoms with E-state index in [0.29, 0.717) is 6.54 Å². The number of nitrogens with zero attached hydrogens (tertiary/aromatic N) is 4. The third-order valence-electron chi connectivity index (χ3n) is 6.40. The molecule has 166 valence electrons. The maximum Gasteiger partial charge on any atom is 0.225 e. The van der Waals surface area contributed by atoms with E-state index in [4.69, 9.17) is 0 Å². The Balaban J connectivity index is 1.42. The Morgan fingerprint density at radius 3 is 2.60 bits per heavy atom. The molecule has 3 atom stereocenters. The zero-order valence-corrected chi connectivity index (χ0v) is 18.7. The van der Waals surface area contributed by atoms with Gasteiger partial charge in [0.2, 0.25) is 11.8 Å². The smallest absolute Gasteiger partial charge is 0.225 e. The van der Waals surface area contributed by atoms with Crippen molar-refractivity contribution >= 4 is 17.6 Å². The zero-order chi connectivity index (χ0) is 21.5. The molecule has 0 radical (unpaired) electrons. The Kier molecular flexibility index (Phi) is 8.08. The Morgan fingerprint density at radius 2 is 1.93 bits per heavy atom. The topological polar surface area (TPSA) is 68.8 Å². The van der Waals surface area contributed by atoms with Gasteiger partial charge >= 0.3 is 0 Å². The Bertz CT molecular complexity index is 690. The number of nitrogens with one attached hydrogen (secondary N) is 1. The molecule has 2 aliphatic heterocycles. The number of pyridine rings is 1. The second kappa shape index (κ2) is 10.8. The van der Waals surface area contributed by atoms with Crippen LogP contribution in [0.2, 0.25) is 0 Å². The molecule has 0 saturated carbocycles. The number of carbonyl (C=O) groups is 2. The summed E-state index contributed by atoms with van der Waals surface area (Å²) in [5.41, 5.74) is 0. The third kappa shape index (κ3) is 5.94. The van der Waals surface area contributed by atoms with Crippen molar-refractivity contribution in [1.29, 1.82) is 0 Å². The van der Waals surface area contributed by atoms with Crippen molar-refractivity contribution < 1.29 is 9.59 Å². The van der Waals surface area contributed by atoms with Gasteiger partial charge in [0.05, 0.1) is 5.92 Å². The molecule has 3 unspecified atom stereocenters. The molecule has 0 aliphatic carbocycles. The molecule has 2 aliphatic rings. The minimum atomic E-state index is -0.0878. The number of likely N-dealkylation sites (tertiary alicyclic amines) is 1. The molecule has 2 saturated heterocycles.